The van der Waals surface area contributed by atoms with E-state index >= 15 is 0 Å². The zero-order valence-corrected chi connectivity index (χ0v) is 17.3. The van der Waals surface area contributed by atoms with Crippen molar-refractivity contribution in [1.82, 2.24) is 15.1 Å². The minimum Gasteiger partial charge on any atom is -0.400 e. The highest BCUT2D eigenvalue weighted by atomic mass is 16.7. The van der Waals surface area contributed by atoms with Crippen LogP contribution in [0.5, 0.6) is 0 Å². The maximum absolute atomic E-state index is 12.7. The first-order valence-corrected chi connectivity index (χ1v) is 10.6. The molecule has 3 saturated heterocycles. The molecule has 0 aromatic heterocycles. The van der Waals surface area contributed by atoms with Gasteiger partial charge < -0.3 is 24.4 Å². The Balaban J connectivity index is 1.29. The molecular weight excluding hydrogens is 341 g/mol. The van der Waals surface area contributed by atoms with Crippen molar-refractivity contribution in [2.45, 2.75) is 83.1 Å². The topological polar surface area (TPSA) is 54.0 Å². The molecular formula is C20H34BN3O3. The number of hydrogen-bond donors (Lipinski definition) is 1. The molecule has 0 aromatic rings. The van der Waals surface area contributed by atoms with Crippen LogP contribution in [0.3, 0.4) is 0 Å². The summed E-state index contributed by atoms with van der Waals surface area (Å²) in [5.41, 5.74) is 0.529. The van der Waals surface area contributed by atoms with E-state index in [4.69, 9.17) is 9.31 Å². The van der Waals surface area contributed by atoms with Gasteiger partial charge in [0.05, 0.1) is 11.2 Å². The summed E-state index contributed by atoms with van der Waals surface area (Å²) >= 11 is 0. The lowest BCUT2D eigenvalue weighted by Crippen LogP contribution is -2.51. The number of nitrogens with one attached hydrogen (secondary N) is 1. The molecule has 4 heterocycles. The van der Waals surface area contributed by atoms with Crippen LogP contribution in [-0.2, 0) is 9.31 Å². The van der Waals surface area contributed by atoms with Gasteiger partial charge in [0, 0.05) is 31.7 Å². The largest absolute Gasteiger partial charge is 0.490 e. The van der Waals surface area contributed by atoms with Crippen LogP contribution in [0.2, 0.25) is 0 Å². The Morgan fingerprint density at radius 1 is 1.15 bits per heavy atom. The first-order chi connectivity index (χ1) is 12.7. The molecule has 3 fully saturated rings. The summed E-state index contributed by atoms with van der Waals surface area (Å²) < 4.78 is 12.3. The summed E-state index contributed by atoms with van der Waals surface area (Å²) in [5.74, 6) is 0. The van der Waals surface area contributed by atoms with Crippen LogP contribution in [0.15, 0.2) is 11.5 Å². The number of carbonyl (C=O) groups is 1. The predicted octanol–water partition coefficient (Wildman–Crippen LogP) is 2.59. The molecule has 2 amide bonds. The molecule has 4 aliphatic heterocycles. The molecule has 150 valence electrons. The fourth-order valence-corrected chi connectivity index (χ4v) is 4.70. The monoisotopic (exact) mass is 375 g/mol. The third-order valence-corrected chi connectivity index (χ3v) is 7.24. The number of urea groups is 1. The van der Waals surface area contributed by atoms with Gasteiger partial charge in [0.15, 0.2) is 0 Å². The molecule has 2 unspecified atom stereocenters. The van der Waals surface area contributed by atoms with Crippen molar-refractivity contribution >= 4 is 13.1 Å². The molecule has 0 aliphatic carbocycles. The molecule has 7 heteroatoms. The molecule has 4 aliphatic rings. The minimum atomic E-state index is -0.317. The number of hydrogen-bond acceptors (Lipinski definition) is 4. The Morgan fingerprint density at radius 2 is 1.89 bits per heavy atom. The third kappa shape index (κ3) is 3.78. The van der Waals surface area contributed by atoms with Crippen molar-refractivity contribution in [2.24, 2.45) is 0 Å². The van der Waals surface area contributed by atoms with E-state index in [1.165, 1.54) is 19.4 Å². The molecule has 0 spiro atoms. The lowest BCUT2D eigenvalue weighted by molar-refractivity contribution is 0.00578. The quantitative estimate of drug-likeness (QED) is 0.754. The molecule has 0 radical (unpaired) electrons. The van der Waals surface area contributed by atoms with Gasteiger partial charge in [-0.25, -0.2) is 4.79 Å². The smallest absolute Gasteiger partial charge is 0.400 e. The number of carbonyl (C=O) groups excluding carboxylic acids is 1. The summed E-state index contributed by atoms with van der Waals surface area (Å²) in [6.07, 6.45) is 7.70. The minimum absolute atomic E-state index is 0.0793. The fraction of sp³-hybridized carbons (Fsp3) is 0.850. The van der Waals surface area contributed by atoms with Crippen LogP contribution in [0, 0.1) is 0 Å². The van der Waals surface area contributed by atoms with Gasteiger partial charge in [-0.2, -0.15) is 0 Å². The maximum Gasteiger partial charge on any atom is 0.490 e. The normalized spacial score (nSPS) is 33.0. The Bertz CT molecular complexity index is 606. The fourth-order valence-electron chi connectivity index (χ4n) is 4.70. The second kappa shape index (κ2) is 7.09. The Labute approximate surface area is 163 Å². The van der Waals surface area contributed by atoms with Crippen molar-refractivity contribution in [1.29, 1.82) is 0 Å². The van der Waals surface area contributed by atoms with Gasteiger partial charge in [-0.1, -0.05) is 6.08 Å². The zero-order valence-electron chi connectivity index (χ0n) is 17.3. The molecule has 0 bridgehead atoms. The number of nitrogens with zero attached hydrogens (tertiary/aromatic N) is 2. The molecule has 0 saturated carbocycles. The van der Waals surface area contributed by atoms with E-state index in [1.807, 2.05) is 4.90 Å². The Hall–Kier alpha value is -1.05. The maximum atomic E-state index is 12.7. The van der Waals surface area contributed by atoms with Crippen molar-refractivity contribution in [2.75, 3.05) is 26.2 Å². The number of piperidine rings is 1. The summed E-state index contributed by atoms with van der Waals surface area (Å²) in [6, 6.07) is 1.08. The second-order valence-corrected chi connectivity index (χ2v) is 9.57. The lowest BCUT2D eigenvalue weighted by atomic mass is 9.75. The highest BCUT2D eigenvalue weighted by Crippen LogP contribution is 2.39. The van der Waals surface area contributed by atoms with E-state index in [1.54, 1.807) is 0 Å². The lowest BCUT2D eigenvalue weighted by Gasteiger charge is -2.36. The number of rotatable bonds is 2. The van der Waals surface area contributed by atoms with E-state index in [9.17, 15) is 4.79 Å². The van der Waals surface area contributed by atoms with Crippen LogP contribution in [0.1, 0.15) is 59.8 Å². The highest BCUT2D eigenvalue weighted by Gasteiger charge is 2.52. The van der Waals surface area contributed by atoms with E-state index < -0.39 is 0 Å². The summed E-state index contributed by atoms with van der Waals surface area (Å²) in [4.78, 5) is 17.2. The molecule has 6 nitrogen and oxygen atoms in total. The SMILES string of the molecule is CC1(C)OB(C2=CCN(C(=O)NC3CCN4CCCC4C3)CC2)OC1(C)C. The average Bonchev–Trinajstić information content (AvgIpc) is 3.16. The van der Waals surface area contributed by atoms with Crippen molar-refractivity contribution in [3.8, 4) is 0 Å². The summed E-state index contributed by atoms with van der Waals surface area (Å²) in [6.45, 7) is 12.0. The van der Waals surface area contributed by atoms with E-state index in [-0.39, 0.29) is 24.4 Å². The zero-order chi connectivity index (χ0) is 19.2. The molecule has 27 heavy (non-hydrogen) atoms. The van der Waals surface area contributed by atoms with Crippen LogP contribution in [0.4, 0.5) is 4.79 Å². The van der Waals surface area contributed by atoms with Gasteiger partial charge in [0.2, 0.25) is 0 Å². The van der Waals surface area contributed by atoms with Crippen LogP contribution in [0.25, 0.3) is 0 Å². The van der Waals surface area contributed by atoms with Gasteiger partial charge >= 0.3 is 13.1 Å². The Morgan fingerprint density at radius 3 is 2.56 bits per heavy atom. The number of fused-ring (bicyclic) bond motifs is 1. The van der Waals surface area contributed by atoms with E-state index in [0.717, 1.165) is 37.8 Å². The third-order valence-electron chi connectivity index (χ3n) is 7.24. The molecule has 0 aromatic carbocycles. The first-order valence-electron chi connectivity index (χ1n) is 10.6. The van der Waals surface area contributed by atoms with Crippen LogP contribution >= 0.6 is 0 Å². The Kier molecular flexibility index (Phi) is 5.06. The van der Waals surface area contributed by atoms with Crippen molar-refractivity contribution in [3.05, 3.63) is 11.5 Å². The number of amides is 2. The summed E-state index contributed by atoms with van der Waals surface area (Å²) in [7, 11) is -0.285. The van der Waals surface area contributed by atoms with Gasteiger partial charge in [-0.05, 0) is 71.8 Å². The highest BCUT2D eigenvalue weighted by molar-refractivity contribution is 6.54. The van der Waals surface area contributed by atoms with Crippen LogP contribution < -0.4 is 5.32 Å². The molecule has 1 N–H and O–H groups in total. The van der Waals surface area contributed by atoms with Gasteiger partial charge in [-0.15, -0.1) is 0 Å². The standard InChI is InChI=1S/C20H34BN3O3/c1-19(2)20(3,4)27-21(26-19)15-7-11-24(12-8-15)18(25)22-16-9-13-23-10-5-6-17(23)14-16/h7,16-17H,5-6,8-14H2,1-4H3,(H,22,25). The van der Waals surface area contributed by atoms with Gasteiger partial charge in [-0.3, -0.25) is 0 Å². The van der Waals surface area contributed by atoms with Crippen molar-refractivity contribution < 1.29 is 14.1 Å². The molecule has 4 rings (SSSR count). The van der Waals surface area contributed by atoms with Gasteiger partial charge in [0.1, 0.15) is 0 Å². The van der Waals surface area contributed by atoms with Crippen LogP contribution in [-0.4, -0.2) is 72.4 Å². The predicted molar refractivity (Wildman–Crippen MR) is 107 cm³/mol. The van der Waals surface area contributed by atoms with E-state index in [2.05, 4.69) is 44.0 Å². The average molecular weight is 375 g/mol. The summed E-state index contributed by atoms with van der Waals surface area (Å²) in [5, 5.41) is 3.28. The second-order valence-electron chi connectivity index (χ2n) is 9.57. The molecule has 2 atom stereocenters. The van der Waals surface area contributed by atoms with Gasteiger partial charge in [0.25, 0.3) is 0 Å². The van der Waals surface area contributed by atoms with Crippen molar-refractivity contribution in [3.63, 3.8) is 0 Å². The first kappa shape index (κ1) is 19.3. The van der Waals surface area contributed by atoms with E-state index in [0.29, 0.717) is 18.6 Å².